The van der Waals surface area contributed by atoms with Gasteiger partial charge >= 0.3 is 5.97 Å². The summed E-state index contributed by atoms with van der Waals surface area (Å²) in [7, 11) is 1.51. The second kappa shape index (κ2) is 9.68. The summed E-state index contributed by atoms with van der Waals surface area (Å²) in [6.45, 7) is 14.2. The van der Waals surface area contributed by atoms with Gasteiger partial charge in [-0.2, -0.15) is 0 Å². The van der Waals surface area contributed by atoms with E-state index in [-0.39, 0.29) is 5.97 Å². The number of allylic oxidation sites excluding steroid dienone is 1. The van der Waals surface area contributed by atoms with Crippen molar-refractivity contribution in [1.29, 1.82) is 0 Å². The van der Waals surface area contributed by atoms with Gasteiger partial charge in [-0.1, -0.05) is 41.5 Å². The summed E-state index contributed by atoms with van der Waals surface area (Å²) in [6, 6.07) is 3.07. The summed E-state index contributed by atoms with van der Waals surface area (Å²) in [4.78, 5) is 12.9. The SMILES string of the molecule is CC[Si](CC)(CC)OC(=C[C@@H](C)[C@H]1CC[C@H]2[C@@H]3C[C@@H](OC)[C@]45C[C@@H]4CC[C@]5(C)[C@H]3CC[C@]12C)C(=O)OC. The van der Waals surface area contributed by atoms with E-state index in [0.29, 0.717) is 39.9 Å². The van der Waals surface area contributed by atoms with Gasteiger partial charge in [-0.05, 0) is 122 Å². The number of ether oxygens (including phenoxy) is 2. The topological polar surface area (TPSA) is 44.8 Å². The second-order valence-corrected chi connectivity index (χ2v) is 18.9. The number of esters is 1. The highest BCUT2D eigenvalue weighted by molar-refractivity contribution is 6.74. The smallest absolute Gasteiger partial charge is 0.371 e. The number of fused-ring (bicyclic) bond motifs is 4. The van der Waals surface area contributed by atoms with Crippen LogP contribution in [-0.2, 0) is 18.7 Å². The molecule has 0 heterocycles. The number of carbonyl (C=O) groups excluding carboxylic acids is 1. The Hall–Kier alpha value is -0.813. The summed E-state index contributed by atoms with van der Waals surface area (Å²) in [6.07, 6.45) is 13.5. The molecule has 0 unspecified atom stereocenters. The van der Waals surface area contributed by atoms with E-state index in [9.17, 15) is 4.79 Å². The van der Waals surface area contributed by atoms with Crippen LogP contribution < -0.4 is 0 Å². The van der Waals surface area contributed by atoms with Crippen molar-refractivity contribution in [2.24, 2.45) is 51.8 Å². The summed E-state index contributed by atoms with van der Waals surface area (Å²) < 4.78 is 18.2. The summed E-state index contributed by atoms with van der Waals surface area (Å²) in [5, 5.41) is 0. The summed E-state index contributed by atoms with van der Waals surface area (Å²) in [5.41, 5.74) is 1.30. The first-order chi connectivity index (χ1) is 17.6. The number of hydrogen-bond donors (Lipinski definition) is 0. The quantitative estimate of drug-likeness (QED) is 0.131. The Labute approximate surface area is 227 Å². The van der Waals surface area contributed by atoms with Crippen molar-refractivity contribution >= 4 is 14.3 Å². The molecule has 0 N–H and O–H groups in total. The minimum Gasteiger partial charge on any atom is -0.539 e. The maximum Gasteiger partial charge on any atom is 0.371 e. The number of methoxy groups -OCH3 is 2. The molecule has 0 aliphatic heterocycles. The molecule has 0 aromatic rings. The fourth-order valence-corrected chi connectivity index (χ4v) is 13.8. The molecule has 5 heteroatoms. The van der Waals surface area contributed by atoms with Crippen LogP contribution >= 0.6 is 0 Å². The first kappa shape index (κ1) is 27.7. The van der Waals surface area contributed by atoms with Gasteiger partial charge in [0.05, 0.1) is 13.2 Å². The van der Waals surface area contributed by atoms with Gasteiger partial charge in [0, 0.05) is 12.5 Å². The van der Waals surface area contributed by atoms with E-state index in [1.807, 2.05) is 7.11 Å². The number of rotatable bonds is 9. The van der Waals surface area contributed by atoms with Crippen molar-refractivity contribution < 1.29 is 18.7 Å². The van der Waals surface area contributed by atoms with E-state index in [0.717, 1.165) is 41.8 Å². The molecule has 210 valence electrons. The molecule has 0 bridgehead atoms. The van der Waals surface area contributed by atoms with Crippen molar-refractivity contribution in [2.45, 2.75) is 117 Å². The average Bonchev–Trinajstić information content (AvgIpc) is 3.41. The van der Waals surface area contributed by atoms with Crippen molar-refractivity contribution in [1.82, 2.24) is 0 Å². The van der Waals surface area contributed by atoms with Crippen LogP contribution in [0.3, 0.4) is 0 Å². The van der Waals surface area contributed by atoms with Crippen molar-refractivity contribution in [3.8, 4) is 0 Å². The van der Waals surface area contributed by atoms with Gasteiger partial charge in [0.15, 0.2) is 5.76 Å². The van der Waals surface area contributed by atoms with Crippen LogP contribution in [0.4, 0.5) is 0 Å². The number of carbonyl (C=O) groups is 1. The minimum absolute atomic E-state index is 0.295. The highest BCUT2D eigenvalue weighted by atomic mass is 28.4. The monoisotopic (exact) mass is 530 g/mol. The molecule has 0 radical (unpaired) electrons. The minimum atomic E-state index is -1.96. The molecule has 5 aliphatic rings. The fraction of sp³-hybridized carbons (Fsp3) is 0.906. The lowest BCUT2D eigenvalue weighted by Crippen LogP contribution is -2.57. The largest absolute Gasteiger partial charge is 0.539 e. The average molecular weight is 531 g/mol. The lowest BCUT2D eigenvalue weighted by molar-refractivity contribution is -0.160. The van der Waals surface area contributed by atoms with Crippen LogP contribution in [0.15, 0.2) is 11.8 Å². The van der Waals surface area contributed by atoms with E-state index in [4.69, 9.17) is 13.9 Å². The standard InChI is InChI=1S/C32H54O4Si/c1-9-37(10-2,11-3)36-27(29(33)35-8)18-21(4)24-12-13-25-23-19-28(34-7)32-20-22(32)14-17-31(32,6)26(23)15-16-30(24,25)5/h18,21-26,28H,9-17,19-20H2,1-8H3/t21-,22+,23+,24-,25+,26+,28-,30-,31-,32+/m1/s1. The Morgan fingerprint density at radius 2 is 1.70 bits per heavy atom. The van der Waals surface area contributed by atoms with Gasteiger partial charge in [-0.25, -0.2) is 4.79 Å². The highest BCUT2D eigenvalue weighted by Crippen LogP contribution is 2.82. The Morgan fingerprint density at radius 3 is 2.30 bits per heavy atom. The van der Waals surface area contributed by atoms with Gasteiger partial charge in [-0.15, -0.1) is 0 Å². The Morgan fingerprint density at radius 1 is 1.00 bits per heavy atom. The van der Waals surface area contributed by atoms with Gasteiger partial charge in [0.2, 0.25) is 0 Å². The second-order valence-electron chi connectivity index (χ2n) is 14.2. The van der Waals surface area contributed by atoms with Gasteiger partial charge in [0.1, 0.15) is 0 Å². The summed E-state index contributed by atoms with van der Waals surface area (Å²) >= 11 is 0. The maximum absolute atomic E-state index is 12.9. The normalized spacial score (nSPS) is 45.4. The molecular weight excluding hydrogens is 476 g/mol. The van der Waals surface area contributed by atoms with Crippen LogP contribution in [-0.4, -0.2) is 34.6 Å². The predicted molar refractivity (Wildman–Crippen MR) is 151 cm³/mol. The van der Waals surface area contributed by atoms with Crippen LogP contribution in [0.25, 0.3) is 0 Å². The lowest BCUT2D eigenvalue weighted by Gasteiger charge is -2.61. The maximum atomic E-state index is 12.9. The van der Waals surface area contributed by atoms with Crippen LogP contribution in [0.2, 0.25) is 18.1 Å². The van der Waals surface area contributed by atoms with Crippen LogP contribution in [0.5, 0.6) is 0 Å². The van der Waals surface area contributed by atoms with Crippen molar-refractivity contribution in [3.05, 3.63) is 11.8 Å². The molecule has 10 atom stereocenters. The van der Waals surface area contributed by atoms with Gasteiger partial charge in [-0.3, -0.25) is 0 Å². The molecule has 1 spiro atoms. The zero-order valence-corrected chi connectivity index (χ0v) is 26.0. The van der Waals surface area contributed by atoms with Crippen molar-refractivity contribution in [3.63, 3.8) is 0 Å². The third-order valence-electron chi connectivity index (χ3n) is 13.6. The van der Waals surface area contributed by atoms with E-state index in [2.05, 4.69) is 47.6 Å². The molecule has 5 saturated carbocycles. The first-order valence-electron chi connectivity index (χ1n) is 15.6. The predicted octanol–water partition coefficient (Wildman–Crippen LogP) is 7.99. The molecule has 5 fully saturated rings. The molecular formula is C32H54O4Si. The van der Waals surface area contributed by atoms with Crippen LogP contribution in [0.1, 0.15) is 92.9 Å². The van der Waals surface area contributed by atoms with Gasteiger partial charge in [0.25, 0.3) is 8.32 Å². The third kappa shape index (κ3) is 3.86. The molecule has 5 rings (SSSR count). The van der Waals surface area contributed by atoms with Crippen molar-refractivity contribution in [2.75, 3.05) is 14.2 Å². The number of hydrogen-bond acceptors (Lipinski definition) is 4. The Balaban J connectivity index is 1.40. The zero-order valence-electron chi connectivity index (χ0n) is 25.0. The molecule has 4 nitrogen and oxygen atoms in total. The highest BCUT2D eigenvalue weighted by Gasteiger charge is 2.77. The molecule has 37 heavy (non-hydrogen) atoms. The van der Waals surface area contributed by atoms with E-state index in [1.165, 1.54) is 58.5 Å². The molecule has 5 aliphatic carbocycles. The summed E-state index contributed by atoms with van der Waals surface area (Å²) in [5.74, 6) is 4.45. The van der Waals surface area contributed by atoms with E-state index in [1.54, 1.807) is 0 Å². The Bertz CT molecular complexity index is 904. The first-order valence-corrected chi connectivity index (χ1v) is 18.1. The molecule has 0 aromatic carbocycles. The molecule has 0 saturated heterocycles. The third-order valence-corrected chi connectivity index (χ3v) is 18.1. The van der Waals surface area contributed by atoms with Gasteiger partial charge < -0.3 is 13.9 Å². The fourth-order valence-electron chi connectivity index (χ4n) is 11.3. The zero-order chi connectivity index (χ0) is 26.8. The molecule has 0 amide bonds. The lowest BCUT2D eigenvalue weighted by atomic mass is 9.45. The van der Waals surface area contributed by atoms with E-state index < -0.39 is 8.32 Å². The molecule has 0 aromatic heterocycles. The van der Waals surface area contributed by atoms with Crippen LogP contribution in [0, 0.1) is 51.8 Å². The Kier molecular flexibility index (Phi) is 7.26. The van der Waals surface area contributed by atoms with E-state index >= 15 is 0 Å².